The molecular formula is C13H22N2O. The third-order valence-corrected chi connectivity index (χ3v) is 3.35. The first-order valence-corrected chi connectivity index (χ1v) is 6.47. The summed E-state index contributed by atoms with van der Waals surface area (Å²) in [6.45, 7) is 2.87. The first-order valence-electron chi connectivity index (χ1n) is 6.47. The minimum Gasteiger partial charge on any atom is -0.352 e. The molecule has 1 atom stereocenters. The van der Waals surface area contributed by atoms with E-state index in [2.05, 4.69) is 16.7 Å². The molecule has 3 heteroatoms. The van der Waals surface area contributed by atoms with Gasteiger partial charge < -0.3 is 10.6 Å². The number of amides is 1. The van der Waals surface area contributed by atoms with Gasteiger partial charge in [-0.25, -0.2) is 0 Å². The van der Waals surface area contributed by atoms with Crippen LogP contribution < -0.4 is 10.6 Å². The van der Waals surface area contributed by atoms with Crippen molar-refractivity contribution in [2.45, 2.75) is 57.5 Å². The SMILES string of the molecule is CC(NCCC1=CCCC1)C(=O)NC1CC1. The van der Waals surface area contributed by atoms with E-state index in [1.807, 2.05) is 6.92 Å². The van der Waals surface area contributed by atoms with Crippen LogP contribution in [0.25, 0.3) is 0 Å². The summed E-state index contributed by atoms with van der Waals surface area (Å²) in [5, 5.41) is 6.31. The molecule has 2 N–H and O–H groups in total. The predicted octanol–water partition coefficient (Wildman–Crippen LogP) is 1.74. The van der Waals surface area contributed by atoms with Crippen LogP contribution in [-0.2, 0) is 4.79 Å². The predicted molar refractivity (Wildman–Crippen MR) is 65.2 cm³/mol. The van der Waals surface area contributed by atoms with Crippen LogP contribution in [0, 0.1) is 0 Å². The Morgan fingerprint density at radius 2 is 2.38 bits per heavy atom. The lowest BCUT2D eigenvalue weighted by Crippen LogP contribution is -2.43. The number of nitrogens with one attached hydrogen (secondary N) is 2. The molecule has 0 spiro atoms. The van der Waals surface area contributed by atoms with Crippen molar-refractivity contribution >= 4 is 5.91 Å². The second-order valence-corrected chi connectivity index (χ2v) is 4.96. The molecule has 2 aliphatic carbocycles. The highest BCUT2D eigenvalue weighted by Crippen LogP contribution is 2.20. The van der Waals surface area contributed by atoms with Gasteiger partial charge in [0, 0.05) is 6.04 Å². The van der Waals surface area contributed by atoms with E-state index >= 15 is 0 Å². The van der Waals surface area contributed by atoms with E-state index in [-0.39, 0.29) is 11.9 Å². The number of rotatable bonds is 6. The van der Waals surface area contributed by atoms with Crippen molar-refractivity contribution < 1.29 is 4.79 Å². The highest BCUT2D eigenvalue weighted by Gasteiger charge is 2.25. The van der Waals surface area contributed by atoms with Crippen LogP contribution in [0.5, 0.6) is 0 Å². The van der Waals surface area contributed by atoms with Crippen molar-refractivity contribution in [2.75, 3.05) is 6.54 Å². The Morgan fingerprint density at radius 3 is 3.00 bits per heavy atom. The van der Waals surface area contributed by atoms with E-state index in [9.17, 15) is 4.79 Å². The molecule has 0 aromatic carbocycles. The molecule has 1 amide bonds. The van der Waals surface area contributed by atoms with E-state index < -0.39 is 0 Å². The smallest absolute Gasteiger partial charge is 0.237 e. The normalized spacial score (nSPS) is 21.7. The lowest BCUT2D eigenvalue weighted by Gasteiger charge is -2.13. The van der Waals surface area contributed by atoms with Gasteiger partial charge in [-0.05, 0) is 52.0 Å². The highest BCUT2D eigenvalue weighted by molar-refractivity contribution is 5.81. The average molecular weight is 222 g/mol. The van der Waals surface area contributed by atoms with E-state index in [0.717, 1.165) is 25.8 Å². The maximum absolute atomic E-state index is 11.6. The Bertz CT molecular complexity index is 282. The van der Waals surface area contributed by atoms with Crippen molar-refractivity contribution in [2.24, 2.45) is 0 Å². The van der Waals surface area contributed by atoms with E-state index in [1.165, 1.54) is 19.3 Å². The lowest BCUT2D eigenvalue weighted by atomic mass is 10.1. The molecule has 0 saturated heterocycles. The van der Waals surface area contributed by atoms with Gasteiger partial charge in [-0.2, -0.15) is 0 Å². The van der Waals surface area contributed by atoms with Crippen LogP contribution in [0.15, 0.2) is 11.6 Å². The molecular weight excluding hydrogens is 200 g/mol. The minimum atomic E-state index is -0.0531. The van der Waals surface area contributed by atoms with E-state index in [4.69, 9.17) is 0 Å². The van der Waals surface area contributed by atoms with E-state index in [1.54, 1.807) is 5.57 Å². The van der Waals surface area contributed by atoms with E-state index in [0.29, 0.717) is 6.04 Å². The molecule has 0 heterocycles. The third kappa shape index (κ3) is 3.63. The molecule has 0 aromatic rings. The molecule has 3 nitrogen and oxygen atoms in total. The topological polar surface area (TPSA) is 41.1 Å². The maximum atomic E-state index is 11.6. The molecule has 0 aliphatic heterocycles. The molecule has 0 aromatic heterocycles. The minimum absolute atomic E-state index is 0.0531. The van der Waals surface area contributed by atoms with Gasteiger partial charge in [-0.3, -0.25) is 4.79 Å². The highest BCUT2D eigenvalue weighted by atomic mass is 16.2. The zero-order chi connectivity index (χ0) is 11.4. The van der Waals surface area contributed by atoms with Crippen LogP contribution >= 0.6 is 0 Å². The number of hydrogen-bond acceptors (Lipinski definition) is 2. The van der Waals surface area contributed by atoms with Crippen molar-refractivity contribution in [1.82, 2.24) is 10.6 Å². The van der Waals surface area contributed by atoms with Gasteiger partial charge in [-0.1, -0.05) is 11.6 Å². The molecule has 2 aliphatic rings. The summed E-state index contributed by atoms with van der Waals surface area (Å²) in [7, 11) is 0. The van der Waals surface area contributed by atoms with Crippen LogP contribution in [0.4, 0.5) is 0 Å². The van der Waals surface area contributed by atoms with Gasteiger partial charge >= 0.3 is 0 Å². The summed E-state index contributed by atoms with van der Waals surface area (Å²) < 4.78 is 0. The standard InChI is InChI=1S/C13H22N2O/c1-10(13(16)15-12-6-7-12)14-9-8-11-4-2-3-5-11/h4,10,12,14H,2-3,5-9H2,1H3,(H,15,16). The first-order chi connectivity index (χ1) is 7.75. The molecule has 90 valence electrons. The van der Waals surface area contributed by atoms with Gasteiger partial charge in [0.25, 0.3) is 0 Å². The molecule has 16 heavy (non-hydrogen) atoms. The first kappa shape index (κ1) is 11.6. The largest absolute Gasteiger partial charge is 0.352 e. The fraction of sp³-hybridized carbons (Fsp3) is 0.769. The monoisotopic (exact) mass is 222 g/mol. The maximum Gasteiger partial charge on any atom is 0.237 e. The zero-order valence-corrected chi connectivity index (χ0v) is 10.1. The van der Waals surface area contributed by atoms with Gasteiger partial charge in [0.15, 0.2) is 0 Å². The van der Waals surface area contributed by atoms with Crippen molar-refractivity contribution in [3.8, 4) is 0 Å². The number of hydrogen-bond donors (Lipinski definition) is 2. The second-order valence-electron chi connectivity index (χ2n) is 4.96. The second kappa shape index (κ2) is 5.48. The van der Waals surface area contributed by atoms with Crippen molar-refractivity contribution in [1.29, 1.82) is 0 Å². The number of allylic oxidation sites excluding steroid dienone is 1. The number of carbonyl (C=O) groups excluding carboxylic acids is 1. The summed E-state index contributed by atoms with van der Waals surface area (Å²) in [6.07, 6.45) is 9.57. The van der Waals surface area contributed by atoms with Gasteiger partial charge in [0.2, 0.25) is 5.91 Å². The summed E-state index contributed by atoms with van der Waals surface area (Å²) in [4.78, 5) is 11.6. The van der Waals surface area contributed by atoms with Gasteiger partial charge in [0.05, 0.1) is 6.04 Å². The Morgan fingerprint density at radius 1 is 1.56 bits per heavy atom. The van der Waals surface area contributed by atoms with Crippen molar-refractivity contribution in [3.05, 3.63) is 11.6 Å². The van der Waals surface area contributed by atoms with Crippen LogP contribution in [0.3, 0.4) is 0 Å². The summed E-state index contributed by atoms with van der Waals surface area (Å²) >= 11 is 0. The van der Waals surface area contributed by atoms with Crippen LogP contribution in [0.1, 0.15) is 45.4 Å². The summed E-state index contributed by atoms with van der Waals surface area (Å²) in [5.74, 6) is 0.155. The van der Waals surface area contributed by atoms with Crippen LogP contribution in [0.2, 0.25) is 0 Å². The Hall–Kier alpha value is -0.830. The fourth-order valence-electron chi connectivity index (χ4n) is 2.06. The summed E-state index contributed by atoms with van der Waals surface area (Å²) in [5.41, 5.74) is 1.56. The summed E-state index contributed by atoms with van der Waals surface area (Å²) in [6, 6.07) is 0.414. The van der Waals surface area contributed by atoms with Crippen molar-refractivity contribution in [3.63, 3.8) is 0 Å². The molecule has 2 rings (SSSR count). The average Bonchev–Trinajstić information content (AvgIpc) is 2.93. The fourth-order valence-corrected chi connectivity index (χ4v) is 2.06. The van der Waals surface area contributed by atoms with Gasteiger partial charge in [0.1, 0.15) is 0 Å². The molecule has 1 fully saturated rings. The zero-order valence-electron chi connectivity index (χ0n) is 10.1. The molecule has 1 saturated carbocycles. The lowest BCUT2D eigenvalue weighted by molar-refractivity contribution is -0.122. The molecule has 0 radical (unpaired) electrons. The van der Waals surface area contributed by atoms with Crippen LogP contribution in [-0.4, -0.2) is 24.5 Å². The quantitative estimate of drug-likeness (QED) is 0.672. The Balaban J connectivity index is 1.58. The third-order valence-electron chi connectivity index (χ3n) is 3.35. The Labute approximate surface area is 97.7 Å². The Kier molecular flexibility index (Phi) is 3.99. The molecule has 1 unspecified atom stereocenters. The molecule has 0 bridgehead atoms. The van der Waals surface area contributed by atoms with Gasteiger partial charge in [-0.15, -0.1) is 0 Å². The number of carbonyl (C=O) groups is 1.